The molecule has 0 unspecified atom stereocenters. The van der Waals surface area contributed by atoms with E-state index in [-0.39, 0.29) is 10.9 Å². The van der Waals surface area contributed by atoms with Crippen LogP contribution in [0.25, 0.3) is 10.9 Å². The van der Waals surface area contributed by atoms with Gasteiger partial charge in [0.05, 0.1) is 11.1 Å². The van der Waals surface area contributed by atoms with Crippen molar-refractivity contribution in [2.45, 2.75) is 25.6 Å². The van der Waals surface area contributed by atoms with Crippen molar-refractivity contribution in [3.63, 3.8) is 0 Å². The van der Waals surface area contributed by atoms with Gasteiger partial charge in [0.1, 0.15) is 0 Å². The normalized spacial score (nSPS) is 12.2. The van der Waals surface area contributed by atoms with Crippen LogP contribution >= 0.6 is 0 Å². The molecule has 2 N–H and O–H groups in total. The van der Waals surface area contributed by atoms with Crippen molar-refractivity contribution in [3.8, 4) is 12.3 Å². The van der Waals surface area contributed by atoms with Gasteiger partial charge in [-0.3, -0.25) is 4.79 Å². The maximum atomic E-state index is 13.0. The van der Waals surface area contributed by atoms with Crippen molar-refractivity contribution >= 4 is 16.6 Å². The van der Waals surface area contributed by atoms with Gasteiger partial charge in [-0.15, -0.1) is 6.42 Å². The molecule has 0 atom stereocenters. The minimum atomic E-state index is -4.60. The zero-order valence-electron chi connectivity index (χ0n) is 11.4. The zero-order valence-corrected chi connectivity index (χ0v) is 11.4. The largest absolute Gasteiger partial charge is 0.417 e. The van der Waals surface area contributed by atoms with Gasteiger partial charge in [-0.1, -0.05) is 5.92 Å². The fourth-order valence-corrected chi connectivity index (χ4v) is 1.96. The molecule has 110 valence electrons. The van der Waals surface area contributed by atoms with Gasteiger partial charge >= 0.3 is 6.18 Å². The molecule has 1 heterocycles. The maximum absolute atomic E-state index is 13.0. The lowest BCUT2D eigenvalue weighted by molar-refractivity contribution is -0.136. The van der Waals surface area contributed by atoms with Crippen LogP contribution in [-0.2, 0) is 6.18 Å². The number of aromatic amines is 1. The number of fused-ring (bicyclic) bond motifs is 1. The molecular formula is C15H13F3N2O. The van der Waals surface area contributed by atoms with Crippen molar-refractivity contribution in [1.82, 2.24) is 4.98 Å². The molecule has 1 aromatic carbocycles. The number of halogens is 3. The number of alkyl halides is 3. The zero-order chi connectivity index (χ0) is 15.8. The number of H-pyrrole nitrogens is 1. The molecule has 6 heteroatoms. The minimum absolute atomic E-state index is 0.0834. The number of terminal acetylenes is 1. The van der Waals surface area contributed by atoms with Gasteiger partial charge in [-0.05, 0) is 32.0 Å². The first-order valence-electron chi connectivity index (χ1n) is 6.13. The van der Waals surface area contributed by atoms with Crippen LogP contribution < -0.4 is 10.9 Å². The van der Waals surface area contributed by atoms with Crippen LogP contribution in [0.3, 0.4) is 0 Å². The Hall–Kier alpha value is -2.42. The second-order valence-corrected chi connectivity index (χ2v) is 5.20. The molecule has 0 saturated heterocycles. The highest BCUT2D eigenvalue weighted by Gasteiger charge is 2.33. The van der Waals surface area contributed by atoms with Crippen LogP contribution in [0.1, 0.15) is 19.4 Å². The van der Waals surface area contributed by atoms with Crippen LogP contribution in [0.2, 0.25) is 0 Å². The average molecular weight is 294 g/mol. The van der Waals surface area contributed by atoms with Gasteiger partial charge in [0.15, 0.2) is 0 Å². The van der Waals surface area contributed by atoms with E-state index in [1.54, 1.807) is 19.9 Å². The number of hydrogen-bond donors (Lipinski definition) is 2. The number of hydrogen-bond acceptors (Lipinski definition) is 2. The van der Waals surface area contributed by atoms with Crippen molar-refractivity contribution in [3.05, 3.63) is 40.2 Å². The van der Waals surface area contributed by atoms with E-state index in [2.05, 4.69) is 16.2 Å². The molecule has 0 radical (unpaired) electrons. The summed E-state index contributed by atoms with van der Waals surface area (Å²) in [7, 11) is 0. The predicted octanol–water partition coefficient (Wildman–Crippen LogP) is 3.37. The highest BCUT2D eigenvalue weighted by Crippen LogP contribution is 2.34. The molecule has 2 aromatic rings. The summed E-state index contributed by atoms with van der Waals surface area (Å²) in [6, 6.07) is 4.87. The molecule has 0 saturated carbocycles. The Morgan fingerprint density at radius 3 is 2.48 bits per heavy atom. The van der Waals surface area contributed by atoms with E-state index in [1.165, 1.54) is 12.1 Å². The maximum Gasteiger partial charge on any atom is 0.417 e. The molecule has 21 heavy (non-hydrogen) atoms. The Balaban J connectivity index is 2.65. The van der Waals surface area contributed by atoms with E-state index >= 15 is 0 Å². The molecule has 3 nitrogen and oxygen atoms in total. The van der Waals surface area contributed by atoms with Gasteiger partial charge in [-0.2, -0.15) is 13.2 Å². The van der Waals surface area contributed by atoms with E-state index in [1.807, 2.05) is 0 Å². The Morgan fingerprint density at radius 1 is 1.24 bits per heavy atom. The Morgan fingerprint density at radius 2 is 1.90 bits per heavy atom. The highest BCUT2D eigenvalue weighted by molar-refractivity contribution is 5.86. The number of pyridine rings is 1. The topological polar surface area (TPSA) is 44.9 Å². The van der Waals surface area contributed by atoms with Gasteiger partial charge in [0.25, 0.3) is 0 Å². The monoisotopic (exact) mass is 294 g/mol. The van der Waals surface area contributed by atoms with Crippen molar-refractivity contribution in [2.75, 3.05) is 5.32 Å². The Labute approximate surface area is 119 Å². The van der Waals surface area contributed by atoms with Crippen molar-refractivity contribution < 1.29 is 13.2 Å². The van der Waals surface area contributed by atoms with Gasteiger partial charge in [-0.25, -0.2) is 0 Å². The summed E-state index contributed by atoms with van der Waals surface area (Å²) in [4.78, 5) is 13.7. The third-order valence-corrected chi connectivity index (χ3v) is 2.97. The standard InChI is InChI=1S/C15H13F3N2O/c1-4-14(2,3)20-9-5-6-12-10(7-9)11(15(16,17)18)8-13(21)19-12/h1,5-8,20H,2-3H3,(H,19,21). The summed E-state index contributed by atoms with van der Waals surface area (Å²) >= 11 is 0. The second-order valence-electron chi connectivity index (χ2n) is 5.20. The summed E-state index contributed by atoms with van der Waals surface area (Å²) in [5.41, 5.74) is -1.89. The number of anilines is 1. The van der Waals surface area contributed by atoms with Gasteiger partial charge in [0.2, 0.25) is 5.56 Å². The Bertz CT molecular complexity index is 782. The third kappa shape index (κ3) is 3.19. The molecule has 0 bridgehead atoms. The number of nitrogens with one attached hydrogen (secondary N) is 2. The SMILES string of the molecule is C#CC(C)(C)Nc1ccc2[nH]c(=O)cc(C(F)(F)F)c2c1. The molecule has 1 aromatic heterocycles. The lowest BCUT2D eigenvalue weighted by atomic mass is 10.0. The summed E-state index contributed by atoms with van der Waals surface area (Å²) in [5, 5.41) is 2.87. The van der Waals surface area contributed by atoms with Crippen molar-refractivity contribution in [2.24, 2.45) is 0 Å². The van der Waals surface area contributed by atoms with Gasteiger partial charge in [0, 0.05) is 22.7 Å². The number of aromatic nitrogens is 1. The lowest BCUT2D eigenvalue weighted by Gasteiger charge is -2.21. The van der Waals surface area contributed by atoms with Crippen LogP contribution in [0, 0.1) is 12.3 Å². The van der Waals surface area contributed by atoms with Crippen LogP contribution in [0.4, 0.5) is 18.9 Å². The first-order valence-corrected chi connectivity index (χ1v) is 6.13. The van der Waals surface area contributed by atoms with E-state index < -0.39 is 22.8 Å². The first-order chi connectivity index (χ1) is 9.62. The first kappa shape index (κ1) is 15.0. The second kappa shape index (κ2) is 4.85. The molecule has 0 fully saturated rings. The summed E-state index contributed by atoms with van der Waals surface area (Å²) in [5.74, 6) is 2.50. The van der Waals surface area contributed by atoms with Crippen LogP contribution in [-0.4, -0.2) is 10.5 Å². The quantitative estimate of drug-likeness (QED) is 0.834. The van der Waals surface area contributed by atoms with E-state index in [0.29, 0.717) is 11.8 Å². The molecule has 0 aliphatic rings. The molecule has 0 amide bonds. The van der Waals surface area contributed by atoms with Crippen molar-refractivity contribution in [1.29, 1.82) is 0 Å². The Kier molecular flexibility index (Phi) is 3.46. The third-order valence-electron chi connectivity index (χ3n) is 2.97. The molecular weight excluding hydrogens is 281 g/mol. The predicted molar refractivity (Wildman–Crippen MR) is 76.1 cm³/mol. The van der Waals surface area contributed by atoms with E-state index in [4.69, 9.17) is 6.42 Å². The summed E-state index contributed by atoms with van der Waals surface area (Å²) in [6.07, 6.45) is 0.741. The molecule has 0 spiro atoms. The smallest absolute Gasteiger partial charge is 0.370 e. The summed E-state index contributed by atoms with van der Waals surface area (Å²) in [6.45, 7) is 3.46. The number of rotatable bonds is 2. The molecule has 2 rings (SSSR count). The minimum Gasteiger partial charge on any atom is -0.370 e. The summed E-state index contributed by atoms with van der Waals surface area (Å²) < 4.78 is 39.1. The molecule has 0 aliphatic carbocycles. The fourth-order valence-electron chi connectivity index (χ4n) is 1.96. The van der Waals surface area contributed by atoms with Crippen LogP contribution in [0.5, 0.6) is 0 Å². The van der Waals surface area contributed by atoms with Gasteiger partial charge < -0.3 is 10.3 Å². The lowest BCUT2D eigenvalue weighted by Crippen LogP contribution is -2.28. The molecule has 0 aliphatic heterocycles. The van der Waals surface area contributed by atoms with Crippen LogP contribution in [0.15, 0.2) is 29.1 Å². The van der Waals surface area contributed by atoms with E-state index in [0.717, 1.165) is 0 Å². The highest BCUT2D eigenvalue weighted by atomic mass is 19.4. The average Bonchev–Trinajstić information content (AvgIpc) is 2.36. The fraction of sp³-hybridized carbons (Fsp3) is 0.267. The van der Waals surface area contributed by atoms with E-state index in [9.17, 15) is 18.0 Å². The number of benzene rings is 1.